The van der Waals surface area contributed by atoms with Crippen molar-refractivity contribution in [2.75, 3.05) is 0 Å². The Labute approximate surface area is 115 Å². The molecule has 0 saturated heterocycles. The zero-order chi connectivity index (χ0) is 13.5. The number of rotatable bonds is 4. The number of carbonyl (C=O) groups is 1. The summed E-state index contributed by atoms with van der Waals surface area (Å²) in [6, 6.07) is 1.74. The van der Waals surface area contributed by atoms with Gasteiger partial charge in [0.2, 0.25) is 0 Å². The molecule has 1 N–H and O–H groups in total. The van der Waals surface area contributed by atoms with Crippen molar-refractivity contribution in [2.24, 2.45) is 0 Å². The van der Waals surface area contributed by atoms with Crippen molar-refractivity contribution in [3.63, 3.8) is 0 Å². The van der Waals surface area contributed by atoms with Crippen LogP contribution >= 0.6 is 0 Å². The Morgan fingerprint density at radius 2 is 2.35 bits per heavy atom. The number of nitrogens with zero attached hydrogens (tertiary/aromatic N) is 4. The van der Waals surface area contributed by atoms with Gasteiger partial charge < -0.3 is 14.4 Å². The van der Waals surface area contributed by atoms with Gasteiger partial charge in [0.25, 0.3) is 5.91 Å². The Balaban J connectivity index is 1.41. The van der Waals surface area contributed by atoms with Gasteiger partial charge in [-0.25, -0.2) is 0 Å². The maximum Gasteiger partial charge on any atom is 0.273 e. The zero-order valence-electron chi connectivity index (χ0n) is 11.0. The van der Waals surface area contributed by atoms with Crippen LogP contribution in [0.1, 0.15) is 53.1 Å². The van der Waals surface area contributed by atoms with E-state index in [1.807, 2.05) is 0 Å². The van der Waals surface area contributed by atoms with Gasteiger partial charge >= 0.3 is 0 Å². The topological polar surface area (TPSA) is 85.8 Å². The first-order valence-electron chi connectivity index (χ1n) is 6.97. The molecule has 1 saturated carbocycles. The van der Waals surface area contributed by atoms with Gasteiger partial charge in [-0.15, -0.1) is 10.2 Å². The number of hydrogen-bond acceptors (Lipinski definition) is 5. The van der Waals surface area contributed by atoms with E-state index in [0.717, 1.165) is 49.6 Å². The van der Waals surface area contributed by atoms with Crippen LogP contribution in [0.3, 0.4) is 0 Å². The third kappa shape index (κ3) is 1.99. The van der Waals surface area contributed by atoms with Gasteiger partial charge in [0, 0.05) is 24.9 Å². The second kappa shape index (κ2) is 4.43. The summed E-state index contributed by atoms with van der Waals surface area (Å²) in [5.41, 5.74) is 0.341. The molecule has 104 valence electrons. The second-order valence-corrected chi connectivity index (χ2v) is 5.36. The van der Waals surface area contributed by atoms with Crippen molar-refractivity contribution in [3.05, 3.63) is 29.2 Å². The van der Waals surface area contributed by atoms with Gasteiger partial charge in [-0.2, -0.15) is 0 Å². The molecule has 1 aliphatic heterocycles. The van der Waals surface area contributed by atoms with E-state index in [9.17, 15) is 4.79 Å². The highest BCUT2D eigenvalue weighted by molar-refractivity contribution is 5.92. The summed E-state index contributed by atoms with van der Waals surface area (Å²) >= 11 is 0. The van der Waals surface area contributed by atoms with Crippen LogP contribution in [0.15, 0.2) is 10.6 Å². The Morgan fingerprint density at radius 3 is 3.20 bits per heavy atom. The molecule has 1 amide bonds. The molecule has 20 heavy (non-hydrogen) atoms. The average Bonchev–Trinajstić information content (AvgIpc) is 2.91. The lowest BCUT2D eigenvalue weighted by molar-refractivity contribution is 0.0940. The number of nitrogens with one attached hydrogen (secondary N) is 1. The van der Waals surface area contributed by atoms with Crippen LogP contribution in [-0.2, 0) is 19.5 Å². The molecule has 2 aromatic rings. The molecule has 1 aliphatic carbocycles. The highest BCUT2D eigenvalue weighted by Gasteiger charge is 2.29. The molecule has 7 nitrogen and oxygen atoms in total. The third-order valence-corrected chi connectivity index (χ3v) is 3.83. The van der Waals surface area contributed by atoms with Crippen LogP contribution in [0.4, 0.5) is 0 Å². The first-order valence-corrected chi connectivity index (χ1v) is 6.97. The summed E-state index contributed by atoms with van der Waals surface area (Å²) in [6.45, 7) is 1.31. The fourth-order valence-corrected chi connectivity index (χ4v) is 2.55. The summed E-state index contributed by atoms with van der Waals surface area (Å²) in [5, 5.41) is 14.9. The molecular weight excluding hydrogens is 258 g/mol. The molecule has 7 heteroatoms. The van der Waals surface area contributed by atoms with E-state index in [4.69, 9.17) is 4.52 Å². The molecule has 2 aliphatic rings. The lowest BCUT2D eigenvalue weighted by Crippen LogP contribution is -2.24. The Kier molecular flexibility index (Phi) is 2.58. The van der Waals surface area contributed by atoms with Crippen LogP contribution in [-0.4, -0.2) is 25.8 Å². The quantitative estimate of drug-likeness (QED) is 0.898. The van der Waals surface area contributed by atoms with E-state index in [1.54, 1.807) is 6.07 Å². The SMILES string of the molecule is O=C(NCc1nnc2n1CCC2)c1cc(C2CC2)on1. The third-order valence-electron chi connectivity index (χ3n) is 3.83. The molecule has 4 rings (SSSR count). The van der Waals surface area contributed by atoms with Crippen molar-refractivity contribution in [1.29, 1.82) is 0 Å². The van der Waals surface area contributed by atoms with E-state index in [0.29, 0.717) is 18.2 Å². The summed E-state index contributed by atoms with van der Waals surface area (Å²) in [6.07, 6.45) is 4.32. The minimum Gasteiger partial charge on any atom is -0.360 e. The van der Waals surface area contributed by atoms with Crippen LogP contribution in [0.2, 0.25) is 0 Å². The predicted molar refractivity (Wildman–Crippen MR) is 68.0 cm³/mol. The monoisotopic (exact) mass is 273 g/mol. The summed E-state index contributed by atoms with van der Waals surface area (Å²) in [4.78, 5) is 12.0. The van der Waals surface area contributed by atoms with Crippen LogP contribution in [0.5, 0.6) is 0 Å². The van der Waals surface area contributed by atoms with Crippen molar-refractivity contribution >= 4 is 5.91 Å². The van der Waals surface area contributed by atoms with Gasteiger partial charge in [0.1, 0.15) is 11.6 Å². The highest BCUT2D eigenvalue weighted by Crippen LogP contribution is 2.40. The van der Waals surface area contributed by atoms with Gasteiger partial charge in [0.05, 0.1) is 6.54 Å². The molecule has 0 atom stereocenters. The molecule has 0 unspecified atom stereocenters. The van der Waals surface area contributed by atoms with Gasteiger partial charge in [-0.3, -0.25) is 4.79 Å². The smallest absolute Gasteiger partial charge is 0.273 e. The molecule has 3 heterocycles. The number of carbonyl (C=O) groups excluding carboxylic acids is 1. The minimum absolute atomic E-state index is 0.226. The fourth-order valence-electron chi connectivity index (χ4n) is 2.55. The molecule has 0 radical (unpaired) electrons. The zero-order valence-corrected chi connectivity index (χ0v) is 11.0. The van der Waals surface area contributed by atoms with Gasteiger partial charge in [-0.05, 0) is 19.3 Å². The van der Waals surface area contributed by atoms with E-state index in [-0.39, 0.29) is 5.91 Å². The highest BCUT2D eigenvalue weighted by atomic mass is 16.5. The Hall–Kier alpha value is -2.18. The Morgan fingerprint density at radius 1 is 1.45 bits per heavy atom. The van der Waals surface area contributed by atoms with Gasteiger partial charge in [0.15, 0.2) is 11.5 Å². The van der Waals surface area contributed by atoms with Crippen LogP contribution in [0, 0.1) is 0 Å². The Bertz CT molecular complexity index is 656. The first-order chi connectivity index (χ1) is 9.81. The molecule has 2 aromatic heterocycles. The average molecular weight is 273 g/mol. The predicted octanol–water partition coefficient (Wildman–Crippen LogP) is 1.02. The molecule has 0 aromatic carbocycles. The van der Waals surface area contributed by atoms with E-state index < -0.39 is 0 Å². The van der Waals surface area contributed by atoms with E-state index in [2.05, 4.69) is 25.2 Å². The standard InChI is InChI=1S/C13H15N5O2/c19-13(9-6-10(20-17-9)8-3-4-8)14-7-12-16-15-11-2-1-5-18(11)12/h6,8H,1-5,7H2,(H,14,19). The molecule has 0 spiro atoms. The summed E-state index contributed by atoms with van der Waals surface area (Å²) < 4.78 is 7.24. The summed E-state index contributed by atoms with van der Waals surface area (Å²) in [5.74, 6) is 2.86. The number of aromatic nitrogens is 4. The van der Waals surface area contributed by atoms with Gasteiger partial charge in [-0.1, -0.05) is 5.16 Å². The van der Waals surface area contributed by atoms with Crippen molar-refractivity contribution in [1.82, 2.24) is 25.2 Å². The number of fused-ring (bicyclic) bond motifs is 1. The molecule has 0 bridgehead atoms. The maximum absolute atomic E-state index is 12.0. The number of hydrogen-bond donors (Lipinski definition) is 1. The lowest BCUT2D eigenvalue weighted by atomic mass is 10.3. The van der Waals surface area contributed by atoms with Crippen molar-refractivity contribution in [3.8, 4) is 0 Å². The van der Waals surface area contributed by atoms with E-state index >= 15 is 0 Å². The van der Waals surface area contributed by atoms with Crippen LogP contribution < -0.4 is 5.32 Å². The van der Waals surface area contributed by atoms with Crippen molar-refractivity contribution in [2.45, 2.75) is 44.7 Å². The fraction of sp³-hybridized carbons (Fsp3) is 0.538. The van der Waals surface area contributed by atoms with Crippen molar-refractivity contribution < 1.29 is 9.32 Å². The van der Waals surface area contributed by atoms with Crippen LogP contribution in [0.25, 0.3) is 0 Å². The molecular formula is C13H15N5O2. The normalized spacial score (nSPS) is 17.2. The minimum atomic E-state index is -0.226. The lowest BCUT2D eigenvalue weighted by Gasteiger charge is -2.03. The molecule has 1 fully saturated rings. The first kappa shape index (κ1) is 11.6. The van der Waals surface area contributed by atoms with E-state index in [1.165, 1.54) is 0 Å². The number of amides is 1. The summed E-state index contributed by atoms with van der Waals surface area (Å²) in [7, 11) is 0. The number of aryl methyl sites for hydroxylation is 1. The maximum atomic E-state index is 12.0. The second-order valence-electron chi connectivity index (χ2n) is 5.36. The largest absolute Gasteiger partial charge is 0.360 e.